The lowest BCUT2D eigenvalue weighted by atomic mass is 9.88. The Bertz CT molecular complexity index is 797. The Morgan fingerprint density at radius 2 is 1.86 bits per heavy atom. The van der Waals surface area contributed by atoms with Gasteiger partial charge in [-0.2, -0.15) is 0 Å². The quantitative estimate of drug-likeness (QED) is 0.831. The lowest BCUT2D eigenvalue weighted by Gasteiger charge is -2.23. The first-order valence-electron chi connectivity index (χ1n) is 6.84. The van der Waals surface area contributed by atoms with Crippen molar-refractivity contribution in [3.05, 3.63) is 48.0 Å². The summed E-state index contributed by atoms with van der Waals surface area (Å²) in [5, 5.41) is 4.52. The van der Waals surface area contributed by atoms with Crippen molar-refractivity contribution < 1.29 is 14.4 Å². The molecular weight excluding hydrogens is 282 g/mol. The molecule has 6 nitrogen and oxygen atoms in total. The molecule has 0 aromatic heterocycles. The van der Waals surface area contributed by atoms with Crippen LogP contribution in [0.2, 0.25) is 0 Å². The molecule has 6 heteroatoms. The fraction of sp³-hybridized carbons (Fsp3) is 0.188. The second-order valence-corrected chi connectivity index (χ2v) is 5.44. The zero-order chi connectivity index (χ0) is 15.9. The van der Waals surface area contributed by atoms with Gasteiger partial charge < -0.3 is 11.1 Å². The van der Waals surface area contributed by atoms with Crippen molar-refractivity contribution in [2.45, 2.75) is 12.5 Å². The normalized spacial score (nSPS) is 21.2. The monoisotopic (exact) mass is 297 g/mol. The number of rotatable bonds is 3. The maximum atomic E-state index is 12.7. The molecule has 1 aliphatic rings. The van der Waals surface area contributed by atoms with E-state index in [4.69, 9.17) is 5.73 Å². The molecule has 0 spiro atoms. The van der Waals surface area contributed by atoms with Crippen LogP contribution < -0.4 is 11.1 Å². The minimum Gasteiger partial charge on any atom is -0.368 e. The van der Waals surface area contributed by atoms with Crippen molar-refractivity contribution >= 4 is 28.6 Å². The Morgan fingerprint density at radius 3 is 2.59 bits per heavy atom. The van der Waals surface area contributed by atoms with Crippen molar-refractivity contribution in [3.63, 3.8) is 0 Å². The fourth-order valence-corrected chi connectivity index (χ4v) is 2.84. The molecule has 1 heterocycles. The van der Waals surface area contributed by atoms with E-state index >= 15 is 0 Å². The number of amides is 4. The molecule has 1 saturated heterocycles. The van der Waals surface area contributed by atoms with Gasteiger partial charge in [-0.1, -0.05) is 42.5 Å². The topological polar surface area (TPSA) is 92.5 Å². The minimum atomic E-state index is -1.21. The number of carbonyl (C=O) groups is 3. The predicted octanol–water partition coefficient (Wildman–Crippen LogP) is 1.09. The van der Waals surface area contributed by atoms with Crippen LogP contribution in [0.3, 0.4) is 0 Å². The van der Waals surface area contributed by atoms with Crippen molar-refractivity contribution in [2.24, 2.45) is 5.73 Å². The Balaban J connectivity index is 2.12. The molecule has 1 unspecified atom stereocenters. The maximum Gasteiger partial charge on any atom is 0.325 e. The molecular formula is C16H15N3O3. The van der Waals surface area contributed by atoms with Crippen LogP contribution in [-0.4, -0.2) is 29.3 Å². The molecule has 4 amide bonds. The molecule has 3 rings (SSSR count). The van der Waals surface area contributed by atoms with E-state index in [1.54, 1.807) is 13.0 Å². The van der Waals surface area contributed by atoms with E-state index in [9.17, 15) is 14.4 Å². The van der Waals surface area contributed by atoms with Gasteiger partial charge in [0.2, 0.25) is 5.91 Å². The minimum absolute atomic E-state index is 0.426. The van der Waals surface area contributed by atoms with Crippen molar-refractivity contribution in [2.75, 3.05) is 6.54 Å². The van der Waals surface area contributed by atoms with Gasteiger partial charge in [0.25, 0.3) is 5.91 Å². The number of carbonyl (C=O) groups excluding carboxylic acids is 3. The Morgan fingerprint density at radius 1 is 1.18 bits per heavy atom. The predicted molar refractivity (Wildman–Crippen MR) is 80.7 cm³/mol. The molecule has 112 valence electrons. The van der Waals surface area contributed by atoms with Crippen LogP contribution in [0.15, 0.2) is 42.5 Å². The van der Waals surface area contributed by atoms with E-state index in [-0.39, 0.29) is 0 Å². The SMILES string of the molecule is CC1(c2cccc3ccccc23)NC(=O)N(CC(N)=O)C1=O. The van der Waals surface area contributed by atoms with Crippen molar-refractivity contribution in [3.8, 4) is 0 Å². The molecule has 0 aliphatic carbocycles. The number of fused-ring (bicyclic) bond motifs is 1. The lowest BCUT2D eigenvalue weighted by molar-refractivity contribution is -0.134. The number of hydrogen-bond acceptors (Lipinski definition) is 3. The standard InChI is InChI=1S/C16H15N3O3/c1-16(14(21)19(9-13(17)20)15(22)18-16)12-8-4-6-10-5-2-3-7-11(10)12/h2-8H,9H2,1H3,(H2,17,20)(H,18,22). The Kier molecular flexibility index (Phi) is 3.09. The second kappa shape index (κ2) is 4.84. The maximum absolute atomic E-state index is 12.7. The lowest BCUT2D eigenvalue weighted by Crippen LogP contribution is -2.42. The molecule has 2 aromatic rings. The number of nitrogens with one attached hydrogen (secondary N) is 1. The van der Waals surface area contributed by atoms with E-state index in [1.807, 2.05) is 36.4 Å². The first-order chi connectivity index (χ1) is 10.4. The van der Waals surface area contributed by atoms with Gasteiger partial charge in [0.1, 0.15) is 12.1 Å². The molecule has 1 fully saturated rings. The summed E-state index contributed by atoms with van der Waals surface area (Å²) in [7, 11) is 0. The Labute approximate surface area is 126 Å². The average molecular weight is 297 g/mol. The van der Waals surface area contributed by atoms with Gasteiger partial charge in [-0.05, 0) is 23.3 Å². The van der Waals surface area contributed by atoms with Crippen LogP contribution in [-0.2, 0) is 15.1 Å². The molecule has 3 N–H and O–H groups in total. The number of nitrogens with zero attached hydrogens (tertiary/aromatic N) is 1. The number of urea groups is 1. The fourth-order valence-electron chi connectivity index (χ4n) is 2.84. The highest BCUT2D eigenvalue weighted by atomic mass is 16.2. The summed E-state index contributed by atoms with van der Waals surface area (Å²) >= 11 is 0. The number of imide groups is 1. The third-order valence-corrected chi connectivity index (χ3v) is 3.92. The smallest absolute Gasteiger partial charge is 0.325 e. The zero-order valence-corrected chi connectivity index (χ0v) is 12.0. The van der Waals surface area contributed by atoms with Crippen LogP contribution >= 0.6 is 0 Å². The number of nitrogens with two attached hydrogens (primary N) is 1. The molecule has 1 atom stereocenters. The Hall–Kier alpha value is -2.89. The highest BCUT2D eigenvalue weighted by Gasteiger charge is 2.49. The molecule has 22 heavy (non-hydrogen) atoms. The summed E-state index contributed by atoms with van der Waals surface area (Å²) in [5.74, 6) is -1.21. The van der Waals surface area contributed by atoms with Crippen molar-refractivity contribution in [1.29, 1.82) is 0 Å². The van der Waals surface area contributed by atoms with Crippen LogP contribution in [0.1, 0.15) is 12.5 Å². The summed E-state index contributed by atoms with van der Waals surface area (Å²) in [6.07, 6.45) is 0. The summed E-state index contributed by atoms with van der Waals surface area (Å²) in [6.45, 7) is 1.21. The van der Waals surface area contributed by atoms with E-state index in [0.29, 0.717) is 5.56 Å². The zero-order valence-electron chi connectivity index (χ0n) is 12.0. The van der Waals surface area contributed by atoms with Crippen LogP contribution in [0.4, 0.5) is 4.79 Å². The molecule has 0 saturated carbocycles. The molecule has 2 aromatic carbocycles. The van der Waals surface area contributed by atoms with E-state index in [1.165, 1.54) is 0 Å². The van der Waals surface area contributed by atoms with Gasteiger partial charge in [-0.15, -0.1) is 0 Å². The summed E-state index contributed by atoms with van der Waals surface area (Å²) in [5.41, 5.74) is 4.58. The first kappa shape index (κ1) is 14.1. The van der Waals surface area contributed by atoms with Crippen LogP contribution in [0.5, 0.6) is 0 Å². The molecule has 0 bridgehead atoms. The summed E-state index contributed by atoms with van der Waals surface area (Å²) in [6, 6.07) is 12.6. The van der Waals surface area contributed by atoms with Crippen molar-refractivity contribution in [1.82, 2.24) is 10.2 Å². The molecule has 1 aliphatic heterocycles. The van der Waals surface area contributed by atoms with Gasteiger partial charge in [0.05, 0.1) is 0 Å². The number of primary amides is 1. The number of hydrogen-bond donors (Lipinski definition) is 2. The highest BCUT2D eigenvalue weighted by Crippen LogP contribution is 2.33. The third-order valence-electron chi connectivity index (χ3n) is 3.92. The second-order valence-electron chi connectivity index (χ2n) is 5.44. The van der Waals surface area contributed by atoms with E-state index in [2.05, 4.69) is 5.32 Å². The van der Waals surface area contributed by atoms with E-state index < -0.39 is 29.9 Å². The largest absolute Gasteiger partial charge is 0.368 e. The third kappa shape index (κ3) is 2.00. The van der Waals surface area contributed by atoms with Gasteiger partial charge in [0, 0.05) is 0 Å². The number of benzene rings is 2. The first-order valence-corrected chi connectivity index (χ1v) is 6.84. The van der Waals surface area contributed by atoms with Crippen LogP contribution in [0, 0.1) is 0 Å². The summed E-state index contributed by atoms with van der Waals surface area (Å²) in [4.78, 5) is 36.6. The van der Waals surface area contributed by atoms with Gasteiger partial charge in [-0.25, -0.2) is 4.79 Å². The van der Waals surface area contributed by atoms with Crippen LogP contribution in [0.25, 0.3) is 10.8 Å². The van der Waals surface area contributed by atoms with Gasteiger partial charge in [0.15, 0.2) is 0 Å². The highest BCUT2D eigenvalue weighted by molar-refractivity contribution is 6.10. The van der Waals surface area contributed by atoms with E-state index in [0.717, 1.165) is 15.7 Å². The average Bonchev–Trinajstić information content (AvgIpc) is 2.70. The van der Waals surface area contributed by atoms with Gasteiger partial charge >= 0.3 is 6.03 Å². The summed E-state index contributed by atoms with van der Waals surface area (Å²) < 4.78 is 0. The molecule has 0 radical (unpaired) electrons. The van der Waals surface area contributed by atoms with Gasteiger partial charge in [-0.3, -0.25) is 14.5 Å².